The van der Waals surface area contributed by atoms with Crippen LogP contribution < -0.4 is 4.74 Å². The van der Waals surface area contributed by atoms with Crippen LogP contribution in [0.15, 0.2) is 48.5 Å². The van der Waals surface area contributed by atoms with Crippen LogP contribution in [0.5, 0.6) is 5.75 Å². The quantitative estimate of drug-likeness (QED) is 0.459. The number of unbranched alkanes of at least 4 members (excludes halogenated alkanes) is 2. The monoisotopic (exact) mass is 396 g/mol. The van der Waals surface area contributed by atoms with Gasteiger partial charge in [0.1, 0.15) is 5.75 Å². The molecule has 2 N–H and O–H groups in total. The molecule has 0 spiro atoms. The molecule has 2 aromatic carbocycles. The third kappa shape index (κ3) is 4.44. The first kappa shape index (κ1) is 20.9. The van der Waals surface area contributed by atoms with Crippen molar-refractivity contribution >= 4 is 11.9 Å². The van der Waals surface area contributed by atoms with Crippen molar-refractivity contribution in [3.8, 4) is 5.75 Å². The summed E-state index contributed by atoms with van der Waals surface area (Å²) in [6, 6.07) is 15.7. The smallest absolute Gasteiger partial charge is 0.360 e. The molecule has 0 bridgehead atoms. The van der Waals surface area contributed by atoms with E-state index in [0.29, 0.717) is 12.3 Å². The highest BCUT2D eigenvalue weighted by Gasteiger charge is 2.49. The minimum Gasteiger partial charge on any atom is -0.478 e. The second-order valence-corrected chi connectivity index (χ2v) is 7.71. The van der Waals surface area contributed by atoms with E-state index in [4.69, 9.17) is 4.74 Å². The van der Waals surface area contributed by atoms with E-state index in [2.05, 4.69) is 24.3 Å². The first-order chi connectivity index (χ1) is 14.0. The Balaban J connectivity index is 1.82. The molecule has 154 valence electrons. The summed E-state index contributed by atoms with van der Waals surface area (Å²) in [4.78, 5) is 23.6. The average Bonchev–Trinajstić information content (AvgIpc) is 2.73. The lowest BCUT2D eigenvalue weighted by Gasteiger charge is -2.28. The molecule has 5 heteroatoms. The summed E-state index contributed by atoms with van der Waals surface area (Å²) in [5, 5.41) is 19.2. The fourth-order valence-electron chi connectivity index (χ4n) is 4.14. The Labute approximate surface area is 171 Å². The van der Waals surface area contributed by atoms with Gasteiger partial charge >= 0.3 is 17.5 Å². The molecule has 2 aromatic rings. The average molecular weight is 396 g/mol. The molecule has 0 saturated carbocycles. The van der Waals surface area contributed by atoms with Gasteiger partial charge in [0.25, 0.3) is 0 Å². The molecule has 1 unspecified atom stereocenters. The Morgan fingerprint density at radius 3 is 2.38 bits per heavy atom. The first-order valence-electron chi connectivity index (χ1n) is 10.3. The minimum atomic E-state index is -2.26. The van der Waals surface area contributed by atoms with Crippen LogP contribution in [0.2, 0.25) is 0 Å². The highest BCUT2D eigenvalue weighted by molar-refractivity contribution is 6.02. The molecule has 0 amide bonds. The van der Waals surface area contributed by atoms with Crippen LogP contribution in [0.4, 0.5) is 0 Å². The Morgan fingerprint density at radius 2 is 1.72 bits per heavy atom. The SMILES string of the molecule is CCCCCC(Oc1ccc(C2CCCc3ccccc32)cc1)(C(=O)O)C(=O)O. The van der Waals surface area contributed by atoms with E-state index in [1.807, 2.05) is 19.1 Å². The molecule has 1 aliphatic carbocycles. The van der Waals surface area contributed by atoms with Gasteiger partial charge in [-0.2, -0.15) is 0 Å². The highest BCUT2D eigenvalue weighted by atomic mass is 16.6. The predicted octanol–water partition coefficient (Wildman–Crippen LogP) is 5.02. The Hall–Kier alpha value is -2.82. The van der Waals surface area contributed by atoms with Gasteiger partial charge in [-0.1, -0.05) is 56.2 Å². The molecule has 0 heterocycles. The van der Waals surface area contributed by atoms with Crippen molar-refractivity contribution in [3.63, 3.8) is 0 Å². The molecular formula is C24H28O5. The summed E-state index contributed by atoms with van der Waals surface area (Å²) in [5.41, 5.74) is 1.58. The fraction of sp³-hybridized carbons (Fsp3) is 0.417. The predicted molar refractivity (Wildman–Crippen MR) is 110 cm³/mol. The fourth-order valence-corrected chi connectivity index (χ4v) is 4.14. The zero-order valence-corrected chi connectivity index (χ0v) is 16.8. The lowest BCUT2D eigenvalue weighted by atomic mass is 9.79. The maximum atomic E-state index is 11.8. The molecule has 29 heavy (non-hydrogen) atoms. The summed E-state index contributed by atoms with van der Waals surface area (Å²) < 4.78 is 5.58. The maximum absolute atomic E-state index is 11.8. The second kappa shape index (κ2) is 9.12. The Morgan fingerprint density at radius 1 is 1.03 bits per heavy atom. The van der Waals surface area contributed by atoms with Crippen molar-refractivity contribution < 1.29 is 24.5 Å². The van der Waals surface area contributed by atoms with E-state index in [0.717, 1.165) is 37.7 Å². The number of rotatable bonds is 9. The zero-order chi connectivity index (χ0) is 20.9. The van der Waals surface area contributed by atoms with Gasteiger partial charge in [-0.05, 0) is 54.5 Å². The van der Waals surface area contributed by atoms with Gasteiger partial charge < -0.3 is 14.9 Å². The summed E-state index contributed by atoms with van der Waals surface area (Å²) in [5.74, 6) is -2.38. The van der Waals surface area contributed by atoms with Crippen LogP contribution in [-0.4, -0.2) is 27.8 Å². The first-order valence-corrected chi connectivity index (χ1v) is 10.3. The third-order valence-corrected chi connectivity index (χ3v) is 5.77. The van der Waals surface area contributed by atoms with Crippen LogP contribution in [-0.2, 0) is 16.0 Å². The molecule has 1 atom stereocenters. The van der Waals surface area contributed by atoms with E-state index in [9.17, 15) is 19.8 Å². The number of hydrogen-bond donors (Lipinski definition) is 2. The van der Waals surface area contributed by atoms with Crippen molar-refractivity contribution in [3.05, 3.63) is 65.2 Å². The van der Waals surface area contributed by atoms with E-state index >= 15 is 0 Å². The van der Waals surface area contributed by atoms with Gasteiger partial charge in [0.15, 0.2) is 0 Å². The van der Waals surface area contributed by atoms with Gasteiger partial charge in [0.05, 0.1) is 0 Å². The number of fused-ring (bicyclic) bond motifs is 1. The second-order valence-electron chi connectivity index (χ2n) is 7.71. The molecule has 0 aliphatic heterocycles. The number of benzene rings is 2. The minimum absolute atomic E-state index is 0.0662. The van der Waals surface area contributed by atoms with Gasteiger partial charge in [-0.15, -0.1) is 0 Å². The standard InChI is InChI=1S/C24H28O5/c1-2-3-6-16-24(22(25)26,23(27)28)29-19-14-12-18(13-15-19)21-11-7-9-17-8-4-5-10-20(17)21/h4-5,8,10,12-15,21H,2-3,6-7,9,11,16H2,1H3,(H,25,26)(H,27,28). The van der Waals surface area contributed by atoms with Crippen molar-refractivity contribution in [2.75, 3.05) is 0 Å². The topological polar surface area (TPSA) is 83.8 Å². The number of carboxylic acid groups (broad SMARTS) is 2. The van der Waals surface area contributed by atoms with Crippen LogP contribution in [0.1, 0.15) is 68.1 Å². The number of carbonyl (C=O) groups is 2. The number of hydrogen-bond acceptors (Lipinski definition) is 3. The lowest BCUT2D eigenvalue weighted by molar-refractivity contribution is -0.173. The number of aliphatic carboxylic acids is 2. The lowest BCUT2D eigenvalue weighted by Crippen LogP contribution is -2.51. The van der Waals surface area contributed by atoms with Crippen LogP contribution in [0.25, 0.3) is 0 Å². The zero-order valence-electron chi connectivity index (χ0n) is 16.8. The number of ether oxygens (including phenoxy) is 1. The van der Waals surface area contributed by atoms with Crippen molar-refractivity contribution in [1.82, 2.24) is 0 Å². The van der Waals surface area contributed by atoms with E-state index in [1.54, 1.807) is 12.1 Å². The molecule has 0 radical (unpaired) electrons. The van der Waals surface area contributed by atoms with Crippen LogP contribution in [0, 0.1) is 0 Å². The van der Waals surface area contributed by atoms with Gasteiger partial charge in [-0.25, -0.2) is 9.59 Å². The molecule has 0 aromatic heterocycles. The summed E-state index contributed by atoms with van der Waals surface area (Å²) in [6.07, 6.45) is 5.31. The number of carboxylic acids is 2. The van der Waals surface area contributed by atoms with E-state index < -0.39 is 17.5 Å². The van der Waals surface area contributed by atoms with Gasteiger partial charge in [-0.3, -0.25) is 0 Å². The van der Waals surface area contributed by atoms with Crippen molar-refractivity contribution in [2.45, 2.75) is 63.4 Å². The summed E-state index contributed by atoms with van der Waals surface area (Å²) >= 11 is 0. The third-order valence-electron chi connectivity index (χ3n) is 5.77. The molecule has 1 aliphatic rings. The molecule has 0 fully saturated rings. The molecule has 0 saturated heterocycles. The normalized spacial score (nSPS) is 16.1. The maximum Gasteiger partial charge on any atom is 0.360 e. The van der Waals surface area contributed by atoms with Crippen molar-refractivity contribution in [1.29, 1.82) is 0 Å². The Kier molecular flexibility index (Phi) is 6.57. The molecular weight excluding hydrogens is 368 g/mol. The molecule has 5 nitrogen and oxygen atoms in total. The van der Waals surface area contributed by atoms with Gasteiger partial charge in [0, 0.05) is 12.3 Å². The Bertz CT molecular complexity index is 842. The molecule has 3 rings (SSSR count). The van der Waals surface area contributed by atoms with E-state index in [-0.39, 0.29) is 12.2 Å². The largest absolute Gasteiger partial charge is 0.478 e. The van der Waals surface area contributed by atoms with E-state index in [1.165, 1.54) is 11.1 Å². The summed E-state index contributed by atoms with van der Waals surface area (Å²) in [7, 11) is 0. The van der Waals surface area contributed by atoms with Crippen LogP contribution in [0.3, 0.4) is 0 Å². The number of aryl methyl sites for hydroxylation is 1. The van der Waals surface area contributed by atoms with Gasteiger partial charge in [0.2, 0.25) is 0 Å². The van der Waals surface area contributed by atoms with Crippen LogP contribution >= 0.6 is 0 Å². The summed E-state index contributed by atoms with van der Waals surface area (Å²) in [6.45, 7) is 1.98. The van der Waals surface area contributed by atoms with Crippen molar-refractivity contribution in [2.24, 2.45) is 0 Å². The highest BCUT2D eigenvalue weighted by Crippen LogP contribution is 2.37.